The molecule has 0 aliphatic carbocycles. The number of thiazole rings is 1. The SMILES string of the molecule is N=c1sccn1CCCN. The van der Waals surface area contributed by atoms with Crippen LogP contribution in [0, 0.1) is 5.41 Å². The topological polar surface area (TPSA) is 54.8 Å². The van der Waals surface area contributed by atoms with Crippen LogP contribution in [0.15, 0.2) is 11.6 Å². The molecule has 1 rings (SSSR count). The van der Waals surface area contributed by atoms with Crippen molar-refractivity contribution in [3.05, 3.63) is 16.4 Å². The van der Waals surface area contributed by atoms with Gasteiger partial charge < -0.3 is 10.3 Å². The summed E-state index contributed by atoms with van der Waals surface area (Å²) in [5.41, 5.74) is 5.32. The van der Waals surface area contributed by atoms with Crippen LogP contribution in [0.25, 0.3) is 0 Å². The lowest BCUT2D eigenvalue weighted by molar-refractivity contribution is 0.631. The van der Waals surface area contributed by atoms with Crippen LogP contribution in [-0.2, 0) is 6.54 Å². The highest BCUT2D eigenvalue weighted by molar-refractivity contribution is 7.06. The number of aromatic nitrogens is 1. The molecule has 0 fully saturated rings. The van der Waals surface area contributed by atoms with Gasteiger partial charge in [-0.2, -0.15) is 0 Å². The van der Waals surface area contributed by atoms with Gasteiger partial charge in [-0.15, -0.1) is 11.3 Å². The van der Waals surface area contributed by atoms with Crippen molar-refractivity contribution < 1.29 is 0 Å². The highest BCUT2D eigenvalue weighted by Gasteiger charge is 1.90. The van der Waals surface area contributed by atoms with Gasteiger partial charge in [0.25, 0.3) is 0 Å². The van der Waals surface area contributed by atoms with E-state index in [-0.39, 0.29) is 0 Å². The van der Waals surface area contributed by atoms with Crippen molar-refractivity contribution in [2.24, 2.45) is 5.73 Å². The standard InChI is InChI=1S/C6H11N3S/c7-2-1-3-9-4-5-10-6(9)8/h4-5,8H,1-3,7H2. The van der Waals surface area contributed by atoms with Gasteiger partial charge in [0.05, 0.1) is 0 Å². The fourth-order valence-electron chi connectivity index (χ4n) is 0.741. The Hall–Kier alpha value is -0.610. The summed E-state index contributed by atoms with van der Waals surface area (Å²) in [6.07, 6.45) is 2.87. The van der Waals surface area contributed by atoms with Gasteiger partial charge in [-0.3, -0.25) is 5.41 Å². The Labute approximate surface area is 63.6 Å². The molecule has 3 nitrogen and oxygen atoms in total. The fourth-order valence-corrected chi connectivity index (χ4v) is 1.37. The number of nitrogens with one attached hydrogen (secondary N) is 1. The van der Waals surface area contributed by atoms with Crippen molar-refractivity contribution in [3.8, 4) is 0 Å². The zero-order valence-electron chi connectivity index (χ0n) is 5.71. The molecule has 0 unspecified atom stereocenters. The van der Waals surface area contributed by atoms with Gasteiger partial charge in [0.2, 0.25) is 0 Å². The van der Waals surface area contributed by atoms with E-state index in [1.165, 1.54) is 11.3 Å². The van der Waals surface area contributed by atoms with Gasteiger partial charge >= 0.3 is 0 Å². The summed E-state index contributed by atoms with van der Waals surface area (Å²) >= 11 is 1.44. The van der Waals surface area contributed by atoms with E-state index < -0.39 is 0 Å². The van der Waals surface area contributed by atoms with Crippen molar-refractivity contribution in [2.45, 2.75) is 13.0 Å². The number of nitrogens with two attached hydrogens (primary N) is 1. The molecule has 0 saturated heterocycles. The lowest BCUT2D eigenvalue weighted by Gasteiger charge is -1.97. The second kappa shape index (κ2) is 3.53. The van der Waals surface area contributed by atoms with Crippen molar-refractivity contribution in [2.75, 3.05) is 6.54 Å². The number of aryl methyl sites for hydroxylation is 1. The van der Waals surface area contributed by atoms with E-state index in [4.69, 9.17) is 11.1 Å². The Bertz CT molecular complexity index is 237. The largest absolute Gasteiger partial charge is 0.330 e. The van der Waals surface area contributed by atoms with Gasteiger partial charge in [0, 0.05) is 18.1 Å². The van der Waals surface area contributed by atoms with Crippen LogP contribution in [-0.4, -0.2) is 11.1 Å². The van der Waals surface area contributed by atoms with E-state index in [2.05, 4.69) is 0 Å². The molecule has 0 aliphatic rings. The third kappa shape index (κ3) is 1.68. The average Bonchev–Trinajstić information content (AvgIpc) is 2.31. The smallest absolute Gasteiger partial charge is 0.181 e. The number of nitrogens with zero attached hydrogens (tertiary/aromatic N) is 1. The van der Waals surface area contributed by atoms with Crippen LogP contribution in [0.1, 0.15) is 6.42 Å². The molecule has 0 spiro atoms. The number of hydrogen-bond donors (Lipinski definition) is 2. The Morgan fingerprint density at radius 1 is 1.70 bits per heavy atom. The molecular formula is C6H11N3S. The quantitative estimate of drug-likeness (QED) is 0.654. The second-order valence-electron chi connectivity index (χ2n) is 2.04. The van der Waals surface area contributed by atoms with Gasteiger partial charge in [-0.05, 0) is 13.0 Å². The molecule has 0 saturated carbocycles. The van der Waals surface area contributed by atoms with E-state index in [9.17, 15) is 0 Å². The first-order valence-electron chi connectivity index (χ1n) is 3.23. The van der Waals surface area contributed by atoms with E-state index in [0.29, 0.717) is 11.3 Å². The molecule has 10 heavy (non-hydrogen) atoms. The average molecular weight is 157 g/mol. The molecule has 0 amide bonds. The molecule has 1 aromatic rings. The van der Waals surface area contributed by atoms with E-state index in [1.807, 2.05) is 16.1 Å². The maximum Gasteiger partial charge on any atom is 0.181 e. The van der Waals surface area contributed by atoms with E-state index in [0.717, 1.165) is 13.0 Å². The minimum absolute atomic E-state index is 0.605. The molecule has 3 N–H and O–H groups in total. The van der Waals surface area contributed by atoms with Crippen molar-refractivity contribution in [1.29, 1.82) is 5.41 Å². The first-order chi connectivity index (χ1) is 4.84. The zero-order chi connectivity index (χ0) is 7.40. The molecule has 1 aromatic heterocycles. The molecule has 4 heteroatoms. The number of hydrogen-bond acceptors (Lipinski definition) is 3. The summed E-state index contributed by atoms with van der Waals surface area (Å²) in [7, 11) is 0. The fraction of sp³-hybridized carbons (Fsp3) is 0.500. The minimum Gasteiger partial charge on any atom is -0.330 e. The normalized spacial score (nSPS) is 10.1. The first-order valence-corrected chi connectivity index (χ1v) is 4.11. The first kappa shape index (κ1) is 7.50. The van der Waals surface area contributed by atoms with Gasteiger partial charge in [0.1, 0.15) is 0 Å². The van der Waals surface area contributed by atoms with Crippen LogP contribution in [0.4, 0.5) is 0 Å². The van der Waals surface area contributed by atoms with Gasteiger partial charge in [-0.25, -0.2) is 0 Å². The summed E-state index contributed by atoms with van der Waals surface area (Å²) in [6, 6.07) is 0. The Balaban J connectivity index is 2.57. The third-order valence-corrected chi connectivity index (χ3v) is 2.00. The monoisotopic (exact) mass is 157 g/mol. The summed E-state index contributed by atoms with van der Waals surface area (Å²) < 4.78 is 1.90. The second-order valence-corrected chi connectivity index (χ2v) is 2.94. The zero-order valence-corrected chi connectivity index (χ0v) is 6.53. The van der Waals surface area contributed by atoms with Gasteiger partial charge in [0.15, 0.2) is 4.80 Å². The molecule has 0 aromatic carbocycles. The molecular weight excluding hydrogens is 146 g/mol. The van der Waals surface area contributed by atoms with Gasteiger partial charge in [-0.1, -0.05) is 0 Å². The summed E-state index contributed by atoms with van der Waals surface area (Å²) in [6.45, 7) is 1.57. The predicted octanol–water partition coefficient (Wildman–Crippen LogP) is 0.378. The van der Waals surface area contributed by atoms with Crippen molar-refractivity contribution in [1.82, 2.24) is 4.57 Å². The summed E-state index contributed by atoms with van der Waals surface area (Å²) in [5.74, 6) is 0. The molecule has 56 valence electrons. The molecule has 0 radical (unpaired) electrons. The maximum absolute atomic E-state index is 7.37. The maximum atomic E-state index is 7.37. The lowest BCUT2D eigenvalue weighted by Crippen LogP contribution is -2.14. The Kier molecular flexibility index (Phi) is 2.65. The van der Waals surface area contributed by atoms with Crippen LogP contribution < -0.4 is 10.5 Å². The van der Waals surface area contributed by atoms with Crippen LogP contribution in [0.5, 0.6) is 0 Å². The predicted molar refractivity (Wildman–Crippen MR) is 41.8 cm³/mol. The summed E-state index contributed by atoms with van der Waals surface area (Å²) in [4.78, 5) is 0.605. The Morgan fingerprint density at radius 3 is 3.00 bits per heavy atom. The van der Waals surface area contributed by atoms with E-state index in [1.54, 1.807) is 0 Å². The van der Waals surface area contributed by atoms with Crippen LogP contribution in [0.2, 0.25) is 0 Å². The van der Waals surface area contributed by atoms with Crippen molar-refractivity contribution >= 4 is 11.3 Å². The Morgan fingerprint density at radius 2 is 2.50 bits per heavy atom. The lowest BCUT2D eigenvalue weighted by atomic mass is 10.4. The molecule has 1 heterocycles. The van der Waals surface area contributed by atoms with Crippen LogP contribution in [0.3, 0.4) is 0 Å². The molecule has 0 atom stereocenters. The van der Waals surface area contributed by atoms with Crippen molar-refractivity contribution in [3.63, 3.8) is 0 Å². The highest BCUT2D eigenvalue weighted by Crippen LogP contribution is 1.89. The number of rotatable bonds is 3. The van der Waals surface area contributed by atoms with Crippen LogP contribution >= 0.6 is 11.3 Å². The molecule has 0 bridgehead atoms. The highest BCUT2D eigenvalue weighted by atomic mass is 32.1. The summed E-state index contributed by atoms with van der Waals surface area (Å²) in [5, 5.41) is 9.29. The van der Waals surface area contributed by atoms with E-state index >= 15 is 0 Å². The minimum atomic E-state index is 0.605. The third-order valence-electron chi connectivity index (χ3n) is 1.28. The molecule has 0 aliphatic heterocycles.